The maximum absolute atomic E-state index is 13.0. The number of likely N-dealkylation sites (tertiary alicyclic amines) is 1. The van der Waals surface area contributed by atoms with Gasteiger partial charge in [0.2, 0.25) is 0 Å². The van der Waals surface area contributed by atoms with Gasteiger partial charge in [-0.05, 0) is 43.0 Å². The molecule has 0 aliphatic carbocycles. The maximum Gasteiger partial charge on any atom is 0.295 e. The van der Waals surface area contributed by atoms with Crippen molar-refractivity contribution in [3.05, 3.63) is 35.6 Å². The van der Waals surface area contributed by atoms with Crippen LogP contribution in [0.3, 0.4) is 0 Å². The molecule has 0 radical (unpaired) electrons. The minimum absolute atomic E-state index is 0.322. The quantitative estimate of drug-likeness (QED) is 0.486. The molecular formula is C17H23FN2O3. The van der Waals surface area contributed by atoms with E-state index in [-0.39, 0.29) is 5.82 Å². The lowest BCUT2D eigenvalue weighted by Gasteiger charge is -2.31. The lowest BCUT2D eigenvalue weighted by Crippen LogP contribution is -2.40. The number of hydrogen-bond donors (Lipinski definition) is 0. The van der Waals surface area contributed by atoms with E-state index in [1.165, 1.54) is 24.3 Å². The second-order valence-electron chi connectivity index (χ2n) is 5.72. The van der Waals surface area contributed by atoms with Gasteiger partial charge in [0.25, 0.3) is 11.9 Å². The van der Waals surface area contributed by atoms with Crippen LogP contribution in [0.25, 0.3) is 0 Å². The molecule has 0 atom stereocenters. The lowest BCUT2D eigenvalue weighted by molar-refractivity contribution is 0.0974. The number of aliphatic imine (C=N–C) groups is 1. The molecule has 5 nitrogen and oxygen atoms in total. The lowest BCUT2D eigenvalue weighted by atomic mass is 10.00. The van der Waals surface area contributed by atoms with Crippen LogP contribution >= 0.6 is 0 Å². The van der Waals surface area contributed by atoms with E-state index in [1.54, 1.807) is 7.11 Å². The summed E-state index contributed by atoms with van der Waals surface area (Å²) >= 11 is 0. The first-order valence-corrected chi connectivity index (χ1v) is 7.85. The van der Waals surface area contributed by atoms with Crippen molar-refractivity contribution >= 4 is 11.9 Å². The van der Waals surface area contributed by atoms with Gasteiger partial charge in [-0.15, -0.1) is 0 Å². The van der Waals surface area contributed by atoms with Crippen molar-refractivity contribution < 1.29 is 18.7 Å². The van der Waals surface area contributed by atoms with E-state index >= 15 is 0 Å². The molecule has 0 N–H and O–H groups in total. The van der Waals surface area contributed by atoms with Gasteiger partial charge < -0.3 is 14.4 Å². The second-order valence-corrected chi connectivity index (χ2v) is 5.72. The number of methoxy groups -OCH3 is 1. The van der Waals surface area contributed by atoms with Gasteiger partial charge in [-0.25, -0.2) is 4.39 Å². The summed E-state index contributed by atoms with van der Waals surface area (Å²) in [7, 11) is 1.59. The molecule has 126 valence electrons. The third kappa shape index (κ3) is 5.32. The van der Waals surface area contributed by atoms with Crippen molar-refractivity contribution in [2.75, 3.05) is 33.4 Å². The summed E-state index contributed by atoms with van der Waals surface area (Å²) in [6, 6.07) is 5.66. The number of halogens is 1. The first kappa shape index (κ1) is 17.4. The average Bonchev–Trinajstić information content (AvgIpc) is 2.55. The molecule has 0 aromatic heterocycles. The summed E-state index contributed by atoms with van der Waals surface area (Å²) < 4.78 is 23.6. The monoisotopic (exact) mass is 322 g/mol. The van der Waals surface area contributed by atoms with Crippen molar-refractivity contribution in [3.63, 3.8) is 0 Å². The molecule has 2 rings (SSSR count). The van der Waals surface area contributed by atoms with E-state index in [1.807, 2.05) is 4.90 Å². The molecule has 1 heterocycles. The Morgan fingerprint density at radius 2 is 1.91 bits per heavy atom. The molecule has 0 saturated carbocycles. The fourth-order valence-electron chi connectivity index (χ4n) is 2.35. The highest BCUT2D eigenvalue weighted by Crippen LogP contribution is 2.17. The topological polar surface area (TPSA) is 51.1 Å². The maximum atomic E-state index is 13.0. The minimum Gasteiger partial charge on any atom is -0.462 e. The van der Waals surface area contributed by atoms with E-state index in [4.69, 9.17) is 9.47 Å². The van der Waals surface area contributed by atoms with Crippen LogP contribution in [-0.4, -0.2) is 50.2 Å². The smallest absolute Gasteiger partial charge is 0.295 e. The SMILES string of the molecule is COCCOC(=NC(=O)c1ccc(F)cc1)N1CCC(C)CC1. The third-order valence-electron chi connectivity index (χ3n) is 3.86. The van der Waals surface area contributed by atoms with Gasteiger partial charge in [-0.3, -0.25) is 4.79 Å². The Hall–Kier alpha value is -1.95. The Balaban J connectivity index is 2.10. The van der Waals surface area contributed by atoms with Crippen LogP contribution in [-0.2, 0) is 9.47 Å². The molecule has 1 amide bonds. The number of carbonyl (C=O) groups excluding carboxylic acids is 1. The van der Waals surface area contributed by atoms with Gasteiger partial charge in [-0.1, -0.05) is 6.92 Å². The van der Waals surface area contributed by atoms with Crippen LogP contribution < -0.4 is 0 Å². The van der Waals surface area contributed by atoms with Crippen LogP contribution in [0.1, 0.15) is 30.1 Å². The number of amidine groups is 1. The summed E-state index contributed by atoms with van der Waals surface area (Å²) in [6.07, 6.45) is 2.08. The molecule has 1 saturated heterocycles. The Labute approximate surface area is 136 Å². The number of hydrogen-bond acceptors (Lipinski definition) is 3. The van der Waals surface area contributed by atoms with Gasteiger partial charge in [0.1, 0.15) is 12.4 Å². The predicted octanol–water partition coefficient (Wildman–Crippen LogP) is 2.72. The summed E-state index contributed by atoms with van der Waals surface area (Å²) in [5.74, 6) is -0.151. The summed E-state index contributed by atoms with van der Waals surface area (Å²) in [5.41, 5.74) is 0.338. The van der Waals surface area contributed by atoms with Gasteiger partial charge in [-0.2, -0.15) is 4.99 Å². The summed E-state index contributed by atoms with van der Waals surface area (Å²) in [6.45, 7) is 4.59. The number of nitrogens with zero attached hydrogens (tertiary/aromatic N) is 2. The number of benzene rings is 1. The van der Waals surface area contributed by atoms with E-state index in [2.05, 4.69) is 11.9 Å². The van der Waals surface area contributed by atoms with Gasteiger partial charge in [0, 0.05) is 25.8 Å². The van der Waals surface area contributed by atoms with Crippen molar-refractivity contribution in [1.82, 2.24) is 4.90 Å². The first-order valence-electron chi connectivity index (χ1n) is 7.85. The third-order valence-corrected chi connectivity index (χ3v) is 3.86. The fraction of sp³-hybridized carbons (Fsp3) is 0.529. The highest BCUT2D eigenvalue weighted by Gasteiger charge is 2.21. The van der Waals surface area contributed by atoms with E-state index < -0.39 is 5.91 Å². The number of ether oxygens (including phenoxy) is 2. The first-order chi connectivity index (χ1) is 11.1. The molecule has 0 spiro atoms. The minimum atomic E-state index is -0.434. The van der Waals surface area contributed by atoms with Crippen LogP contribution in [0.4, 0.5) is 4.39 Å². The average molecular weight is 322 g/mol. The van der Waals surface area contributed by atoms with Crippen LogP contribution in [0.2, 0.25) is 0 Å². The van der Waals surface area contributed by atoms with Crippen LogP contribution in [0, 0.1) is 11.7 Å². The highest BCUT2D eigenvalue weighted by molar-refractivity contribution is 6.01. The normalized spacial score (nSPS) is 16.5. The molecule has 23 heavy (non-hydrogen) atoms. The van der Waals surface area contributed by atoms with Crippen molar-refractivity contribution in [2.45, 2.75) is 19.8 Å². The molecule has 1 aromatic carbocycles. The molecule has 1 fully saturated rings. The number of rotatable bonds is 4. The summed E-state index contributed by atoms with van der Waals surface area (Å²) in [4.78, 5) is 18.3. The zero-order chi connectivity index (χ0) is 16.7. The van der Waals surface area contributed by atoms with E-state index in [0.29, 0.717) is 30.7 Å². The van der Waals surface area contributed by atoms with Gasteiger partial charge >= 0.3 is 0 Å². The van der Waals surface area contributed by atoms with Crippen molar-refractivity contribution in [1.29, 1.82) is 0 Å². The number of amides is 1. The molecule has 1 aliphatic rings. The van der Waals surface area contributed by atoms with E-state index in [0.717, 1.165) is 25.9 Å². The van der Waals surface area contributed by atoms with Crippen LogP contribution in [0.15, 0.2) is 29.3 Å². The Bertz CT molecular complexity index is 537. The van der Waals surface area contributed by atoms with Gasteiger partial charge in [0.15, 0.2) is 0 Å². The Morgan fingerprint density at radius 3 is 2.52 bits per heavy atom. The number of carbonyl (C=O) groups is 1. The zero-order valence-corrected chi connectivity index (χ0v) is 13.6. The zero-order valence-electron chi connectivity index (χ0n) is 13.6. The molecule has 1 aromatic rings. The standard InChI is InChI=1S/C17H23FN2O3/c1-13-7-9-20(10-8-13)17(23-12-11-22-2)19-16(21)14-3-5-15(18)6-4-14/h3-6,13H,7-12H2,1-2H3. The van der Waals surface area contributed by atoms with Crippen LogP contribution in [0.5, 0.6) is 0 Å². The molecular weight excluding hydrogens is 299 g/mol. The molecule has 6 heteroatoms. The second kappa shape index (κ2) is 8.62. The highest BCUT2D eigenvalue weighted by atomic mass is 19.1. The molecule has 0 bridgehead atoms. The largest absolute Gasteiger partial charge is 0.462 e. The summed E-state index contributed by atoms with van der Waals surface area (Å²) in [5, 5.41) is 0. The predicted molar refractivity (Wildman–Crippen MR) is 86.0 cm³/mol. The molecule has 1 aliphatic heterocycles. The fourth-order valence-corrected chi connectivity index (χ4v) is 2.35. The van der Waals surface area contributed by atoms with E-state index in [9.17, 15) is 9.18 Å². The van der Waals surface area contributed by atoms with Crippen molar-refractivity contribution in [3.8, 4) is 0 Å². The van der Waals surface area contributed by atoms with Gasteiger partial charge in [0.05, 0.1) is 6.61 Å². The Kier molecular flexibility index (Phi) is 6.52. The van der Waals surface area contributed by atoms with Crippen molar-refractivity contribution in [2.24, 2.45) is 10.9 Å². The molecule has 0 unspecified atom stereocenters. The number of piperidine rings is 1. The Morgan fingerprint density at radius 1 is 1.26 bits per heavy atom.